The summed E-state index contributed by atoms with van der Waals surface area (Å²) in [6, 6.07) is 25.8. The second kappa shape index (κ2) is 11.2. The number of hydrogen-bond donors (Lipinski definition) is 1. The van der Waals surface area contributed by atoms with Gasteiger partial charge in [-0.3, -0.25) is 4.99 Å². The average Bonchev–Trinajstić information content (AvgIpc) is 2.77. The quantitative estimate of drug-likeness (QED) is 0.285. The van der Waals surface area contributed by atoms with Gasteiger partial charge in [-0.2, -0.15) is 0 Å². The van der Waals surface area contributed by atoms with E-state index in [-0.39, 0.29) is 0 Å². The van der Waals surface area contributed by atoms with Crippen molar-refractivity contribution in [2.24, 2.45) is 4.99 Å². The Balaban J connectivity index is 1.69. The van der Waals surface area contributed by atoms with Crippen LogP contribution in [0.3, 0.4) is 0 Å². The van der Waals surface area contributed by atoms with E-state index in [0.717, 1.165) is 12.1 Å². The average molecular weight is 413 g/mol. The summed E-state index contributed by atoms with van der Waals surface area (Å²) >= 11 is -1.05. The number of nitrogens with zero attached hydrogens (tertiary/aromatic N) is 1. The zero-order valence-corrected chi connectivity index (χ0v) is 19.9. The molecule has 0 saturated carbocycles. The maximum Gasteiger partial charge on any atom is 0.411 e. The summed E-state index contributed by atoms with van der Waals surface area (Å²) in [5.74, 6) is 0.518. The zero-order chi connectivity index (χ0) is 21.3. The second-order valence-electron chi connectivity index (χ2n) is 8.31. The van der Waals surface area contributed by atoms with Crippen LogP contribution < -0.4 is 4.30 Å². The number of anilines is 1. The third kappa shape index (κ3) is 6.33. The van der Waals surface area contributed by atoms with Gasteiger partial charge in [0.05, 0.1) is 5.69 Å². The summed E-state index contributed by atoms with van der Waals surface area (Å²) in [6.07, 6.45) is 3.13. The second-order valence-corrected chi connectivity index (χ2v) is 11.4. The molecule has 0 aliphatic rings. The lowest BCUT2D eigenvalue weighted by Crippen LogP contribution is -2.24. The van der Waals surface area contributed by atoms with Gasteiger partial charge in [-0.1, -0.05) is 85.9 Å². The number of aryl methyl sites for hydroxylation is 2. The Kier molecular flexibility index (Phi) is 8.32. The van der Waals surface area contributed by atoms with E-state index < -0.39 is 14.4 Å². The number of rotatable bonds is 9. The van der Waals surface area contributed by atoms with Gasteiger partial charge in [0.25, 0.3) is 0 Å². The Morgan fingerprint density at radius 3 is 2.50 bits per heavy atom. The fourth-order valence-corrected chi connectivity index (χ4v) is 5.84. The van der Waals surface area contributed by atoms with Crippen molar-refractivity contribution in [2.75, 3.05) is 4.30 Å². The van der Waals surface area contributed by atoms with Crippen molar-refractivity contribution < 1.29 is 0 Å². The van der Waals surface area contributed by atoms with Crippen molar-refractivity contribution >= 4 is 32.0 Å². The normalized spacial score (nSPS) is 11.2. The molecule has 0 heterocycles. The van der Waals surface area contributed by atoms with E-state index in [0.29, 0.717) is 5.92 Å². The zero-order valence-electron chi connectivity index (χ0n) is 18.7. The highest BCUT2D eigenvalue weighted by Gasteiger charge is 2.17. The topological polar surface area (TPSA) is 24.4 Å². The third-order valence-corrected chi connectivity index (χ3v) is 8.39. The molecule has 0 spiro atoms. The molecule has 1 N–H and O–H groups in total. The predicted molar refractivity (Wildman–Crippen MR) is 134 cm³/mol. The molecular weight excluding hydrogens is 379 g/mol. The Morgan fingerprint density at radius 2 is 1.73 bits per heavy atom. The van der Waals surface area contributed by atoms with Gasteiger partial charge >= 0.3 is 14.4 Å². The van der Waals surface area contributed by atoms with Crippen LogP contribution >= 0.6 is 0 Å². The molecule has 3 heteroatoms. The molecular formula is C27H33AlN2. The lowest BCUT2D eigenvalue weighted by atomic mass is 10.0. The van der Waals surface area contributed by atoms with Crippen LogP contribution in [-0.4, -0.2) is 20.6 Å². The molecule has 0 aliphatic carbocycles. The van der Waals surface area contributed by atoms with E-state index in [4.69, 9.17) is 4.99 Å². The molecule has 154 valence electrons. The number of hydrogen-bond acceptors (Lipinski definition) is 2. The Morgan fingerprint density at radius 1 is 0.967 bits per heavy atom. The molecule has 0 saturated heterocycles. The van der Waals surface area contributed by atoms with E-state index in [1.165, 1.54) is 38.5 Å². The van der Waals surface area contributed by atoms with Crippen LogP contribution in [0, 0.1) is 6.92 Å². The summed E-state index contributed by atoms with van der Waals surface area (Å²) in [6.45, 7) is 8.94. The van der Waals surface area contributed by atoms with Gasteiger partial charge in [-0.15, -0.1) is 0 Å². The minimum atomic E-state index is -1.05. The van der Waals surface area contributed by atoms with Crippen LogP contribution in [0.1, 0.15) is 48.9 Å². The number of benzene rings is 3. The minimum Gasteiger partial charge on any atom is -0.476 e. The molecule has 0 fully saturated rings. The van der Waals surface area contributed by atoms with Crippen LogP contribution in [0.25, 0.3) is 0 Å². The standard InChI is InChI=1S/C18H20N.C7H8N.C2H5.Al/c1-4-15-8-5-6-9-17(15)13-19-18-11-7-10-16(12-18)14(2)3;1-6-4-2-3-5-7(6)8;1-2;/h5-14H,1,4H2,2-3H3;2-5,8H,1H3;1H2,2H3;/q;-1;;+1. The number of aliphatic imine (C=N–C) groups is 1. The van der Waals surface area contributed by atoms with Gasteiger partial charge in [0.2, 0.25) is 0 Å². The van der Waals surface area contributed by atoms with Crippen molar-refractivity contribution in [3.05, 3.63) is 95.1 Å². The molecule has 0 aromatic heterocycles. The van der Waals surface area contributed by atoms with Crippen molar-refractivity contribution in [2.45, 2.75) is 50.6 Å². The largest absolute Gasteiger partial charge is 0.476 e. The van der Waals surface area contributed by atoms with Gasteiger partial charge < -0.3 is 4.30 Å². The van der Waals surface area contributed by atoms with E-state index >= 15 is 0 Å². The summed E-state index contributed by atoms with van der Waals surface area (Å²) < 4.78 is 3.87. The maximum atomic E-state index is 4.78. The summed E-state index contributed by atoms with van der Waals surface area (Å²) in [5.41, 5.74) is 7.61. The van der Waals surface area contributed by atoms with Gasteiger partial charge in [0.15, 0.2) is 0 Å². The van der Waals surface area contributed by atoms with Crippen LogP contribution in [0.4, 0.5) is 11.4 Å². The number of para-hydroxylation sites is 1. The van der Waals surface area contributed by atoms with Crippen LogP contribution in [0.15, 0.2) is 77.8 Å². The molecule has 30 heavy (non-hydrogen) atoms. The molecule has 0 radical (unpaired) electrons. The van der Waals surface area contributed by atoms with Crippen molar-refractivity contribution in [3.63, 3.8) is 0 Å². The van der Waals surface area contributed by atoms with E-state index in [2.05, 4.69) is 105 Å². The fraction of sp³-hybridized carbons (Fsp3) is 0.296. The fourth-order valence-electron chi connectivity index (χ4n) is 3.66. The monoisotopic (exact) mass is 412 g/mol. The van der Waals surface area contributed by atoms with Gasteiger partial charge in [0.1, 0.15) is 0 Å². The maximum absolute atomic E-state index is 4.78. The highest BCUT2D eigenvalue weighted by molar-refractivity contribution is 6.62. The van der Waals surface area contributed by atoms with Crippen molar-refractivity contribution in [3.8, 4) is 0 Å². The first-order valence-electron chi connectivity index (χ1n) is 11.1. The molecule has 0 amide bonds. The SMILES string of the molecule is C[CH2][Al]([CH2]Cc1ccccc1C=Nc1cccc(C(C)C)c1)[NH]c1ccccc1C. The molecule has 3 aromatic rings. The number of nitrogens with one attached hydrogen (secondary N) is 1. The van der Waals surface area contributed by atoms with E-state index in [9.17, 15) is 0 Å². The molecule has 2 nitrogen and oxygen atoms in total. The first-order valence-corrected chi connectivity index (χ1v) is 13.3. The molecule has 3 aromatic carbocycles. The summed E-state index contributed by atoms with van der Waals surface area (Å²) in [5, 5.41) is 2.48. The minimum absolute atomic E-state index is 0.518. The van der Waals surface area contributed by atoms with E-state index in [1.807, 2.05) is 6.21 Å². The molecule has 3 rings (SSSR count). The highest BCUT2D eigenvalue weighted by atomic mass is 27.2. The highest BCUT2D eigenvalue weighted by Crippen LogP contribution is 2.21. The van der Waals surface area contributed by atoms with Gasteiger partial charge in [-0.25, -0.2) is 0 Å². The summed E-state index contributed by atoms with van der Waals surface area (Å²) in [7, 11) is 0. The molecule has 0 atom stereocenters. The first-order chi connectivity index (χ1) is 14.6. The first kappa shape index (κ1) is 22.3. The van der Waals surface area contributed by atoms with Gasteiger partial charge in [-0.05, 0) is 59.7 Å². The van der Waals surface area contributed by atoms with Crippen molar-refractivity contribution in [1.29, 1.82) is 0 Å². The Labute approximate surface area is 186 Å². The van der Waals surface area contributed by atoms with E-state index in [1.54, 1.807) is 0 Å². The lowest BCUT2D eigenvalue weighted by molar-refractivity contribution is 0.867. The van der Waals surface area contributed by atoms with Crippen LogP contribution in [-0.2, 0) is 6.42 Å². The lowest BCUT2D eigenvalue weighted by Gasteiger charge is -2.16. The predicted octanol–water partition coefficient (Wildman–Crippen LogP) is 7.54. The smallest absolute Gasteiger partial charge is 0.411 e. The molecule has 0 unspecified atom stereocenters. The Hall–Kier alpha value is -2.34. The Bertz CT molecular complexity index is 978. The van der Waals surface area contributed by atoms with Crippen molar-refractivity contribution in [1.82, 2.24) is 0 Å². The molecule has 0 bridgehead atoms. The van der Waals surface area contributed by atoms with Crippen LogP contribution in [0.5, 0.6) is 0 Å². The van der Waals surface area contributed by atoms with Gasteiger partial charge in [0, 0.05) is 11.9 Å². The summed E-state index contributed by atoms with van der Waals surface area (Å²) in [4.78, 5) is 4.78. The molecule has 0 aliphatic heterocycles. The van der Waals surface area contributed by atoms with Crippen LogP contribution in [0.2, 0.25) is 10.6 Å². The third-order valence-electron chi connectivity index (χ3n) is 5.70.